The van der Waals surface area contributed by atoms with E-state index in [4.69, 9.17) is 0 Å². The lowest BCUT2D eigenvalue weighted by Gasteiger charge is -2.05. The van der Waals surface area contributed by atoms with E-state index in [1.54, 1.807) is 49.4 Å². The first-order valence-electron chi connectivity index (χ1n) is 7.40. The number of non-ortho nitro benzene ring substituents is 1. The Labute approximate surface area is 144 Å². The van der Waals surface area contributed by atoms with Crippen molar-refractivity contribution in [3.63, 3.8) is 0 Å². The van der Waals surface area contributed by atoms with Crippen molar-refractivity contribution in [2.45, 2.75) is 6.92 Å². The van der Waals surface area contributed by atoms with Crippen LogP contribution in [-0.2, 0) is 4.79 Å². The molecule has 0 saturated carbocycles. The van der Waals surface area contributed by atoms with Gasteiger partial charge in [0.05, 0.1) is 4.92 Å². The summed E-state index contributed by atoms with van der Waals surface area (Å²) in [6.07, 6.45) is 2.98. The minimum absolute atomic E-state index is 0.00382. The number of nitro groups is 1. The zero-order valence-corrected chi connectivity index (χ0v) is 13.6. The molecule has 0 spiro atoms. The quantitative estimate of drug-likeness (QED) is 0.373. The first-order chi connectivity index (χ1) is 11.9. The maximum atomic E-state index is 12.1. The monoisotopic (exact) mass is 336 g/mol. The van der Waals surface area contributed by atoms with Crippen LogP contribution < -0.4 is 5.32 Å². The molecule has 0 aliphatic heterocycles. The normalized spacial score (nSPS) is 10.4. The molecule has 2 rings (SSSR count). The molecule has 0 aliphatic carbocycles. The molecule has 0 saturated heterocycles. The Morgan fingerprint density at radius 2 is 1.68 bits per heavy atom. The third-order valence-electron chi connectivity index (χ3n) is 3.35. The van der Waals surface area contributed by atoms with E-state index in [1.165, 1.54) is 18.2 Å². The van der Waals surface area contributed by atoms with Crippen molar-refractivity contribution < 1.29 is 14.5 Å². The van der Waals surface area contributed by atoms with E-state index >= 15 is 0 Å². The SMILES string of the molecule is C=C(C)C(=O)Nc1ccc(C(=O)/C=C/c2ccc([N+](=O)[O-])cc2)cc1. The van der Waals surface area contributed by atoms with Crippen LogP contribution in [-0.4, -0.2) is 16.6 Å². The number of benzene rings is 2. The van der Waals surface area contributed by atoms with E-state index in [9.17, 15) is 19.7 Å². The molecule has 2 aromatic rings. The molecular weight excluding hydrogens is 320 g/mol. The van der Waals surface area contributed by atoms with Gasteiger partial charge < -0.3 is 5.32 Å². The number of carbonyl (C=O) groups excluding carboxylic acids is 2. The van der Waals surface area contributed by atoms with Gasteiger partial charge in [0.2, 0.25) is 0 Å². The summed E-state index contributed by atoms with van der Waals surface area (Å²) in [5, 5.41) is 13.3. The van der Waals surface area contributed by atoms with Crippen molar-refractivity contribution in [1.82, 2.24) is 0 Å². The Hall–Kier alpha value is -3.54. The molecular formula is C19H16N2O4. The fourth-order valence-electron chi connectivity index (χ4n) is 1.93. The highest BCUT2D eigenvalue weighted by atomic mass is 16.6. The van der Waals surface area contributed by atoms with Crippen LogP contribution in [0.4, 0.5) is 11.4 Å². The number of carbonyl (C=O) groups is 2. The Balaban J connectivity index is 2.03. The highest BCUT2D eigenvalue weighted by Crippen LogP contribution is 2.14. The number of nitro benzene ring substituents is 1. The number of hydrogen-bond donors (Lipinski definition) is 1. The van der Waals surface area contributed by atoms with Crippen molar-refractivity contribution in [2.24, 2.45) is 0 Å². The van der Waals surface area contributed by atoms with E-state index in [2.05, 4.69) is 11.9 Å². The van der Waals surface area contributed by atoms with Crippen LogP contribution in [0.15, 0.2) is 66.8 Å². The standard InChI is InChI=1S/C19H16N2O4/c1-13(2)19(23)20-16-8-6-15(7-9-16)18(22)12-5-14-3-10-17(11-4-14)21(24)25/h3-12H,1H2,2H3,(H,20,23)/b12-5+. The average Bonchev–Trinajstić information content (AvgIpc) is 2.60. The van der Waals surface area contributed by atoms with E-state index in [-0.39, 0.29) is 17.4 Å². The maximum Gasteiger partial charge on any atom is 0.269 e. The van der Waals surface area contributed by atoms with Crippen LogP contribution >= 0.6 is 0 Å². The lowest BCUT2D eigenvalue weighted by Crippen LogP contribution is -2.11. The number of allylic oxidation sites excluding steroid dienone is 1. The van der Waals surface area contributed by atoms with Gasteiger partial charge in [0, 0.05) is 29.0 Å². The molecule has 0 aromatic heterocycles. The van der Waals surface area contributed by atoms with E-state index in [1.807, 2.05) is 0 Å². The number of amides is 1. The summed E-state index contributed by atoms with van der Waals surface area (Å²) in [5.41, 5.74) is 2.11. The van der Waals surface area contributed by atoms with E-state index in [0.717, 1.165) is 0 Å². The second-order valence-corrected chi connectivity index (χ2v) is 5.36. The van der Waals surface area contributed by atoms with Crippen molar-refractivity contribution in [2.75, 3.05) is 5.32 Å². The Morgan fingerprint density at radius 1 is 1.08 bits per heavy atom. The highest BCUT2D eigenvalue weighted by Gasteiger charge is 2.06. The third kappa shape index (κ3) is 4.97. The first kappa shape index (κ1) is 17.8. The molecule has 1 N–H and O–H groups in total. The fraction of sp³-hybridized carbons (Fsp3) is 0.0526. The van der Waals surface area contributed by atoms with Crippen LogP contribution in [0.3, 0.4) is 0 Å². The van der Waals surface area contributed by atoms with Gasteiger partial charge in [-0.2, -0.15) is 0 Å². The molecule has 0 fully saturated rings. The lowest BCUT2D eigenvalue weighted by molar-refractivity contribution is -0.384. The summed E-state index contributed by atoms with van der Waals surface area (Å²) in [4.78, 5) is 33.8. The minimum atomic E-state index is -0.479. The molecule has 0 unspecified atom stereocenters. The molecule has 2 aromatic carbocycles. The first-order valence-corrected chi connectivity index (χ1v) is 7.40. The van der Waals surface area contributed by atoms with Crippen LogP contribution in [0.25, 0.3) is 6.08 Å². The Morgan fingerprint density at radius 3 is 2.20 bits per heavy atom. The predicted octanol–water partition coefficient (Wildman–Crippen LogP) is 4.01. The second-order valence-electron chi connectivity index (χ2n) is 5.36. The van der Waals surface area contributed by atoms with Crippen LogP contribution in [0, 0.1) is 10.1 Å². The summed E-state index contributed by atoms with van der Waals surface area (Å²) >= 11 is 0. The van der Waals surface area contributed by atoms with Gasteiger partial charge >= 0.3 is 0 Å². The molecule has 0 atom stereocenters. The van der Waals surface area contributed by atoms with Gasteiger partial charge in [-0.15, -0.1) is 0 Å². The molecule has 0 radical (unpaired) electrons. The molecule has 6 nitrogen and oxygen atoms in total. The van der Waals surface area contributed by atoms with Crippen LogP contribution in [0.2, 0.25) is 0 Å². The van der Waals surface area contributed by atoms with Gasteiger partial charge in [0.25, 0.3) is 11.6 Å². The largest absolute Gasteiger partial charge is 0.322 e. The smallest absolute Gasteiger partial charge is 0.269 e. The molecule has 126 valence electrons. The molecule has 0 heterocycles. The molecule has 1 amide bonds. The maximum absolute atomic E-state index is 12.1. The zero-order chi connectivity index (χ0) is 18.4. The van der Waals surface area contributed by atoms with Crippen molar-refractivity contribution in [1.29, 1.82) is 0 Å². The third-order valence-corrected chi connectivity index (χ3v) is 3.35. The summed E-state index contributed by atoms with van der Waals surface area (Å²) in [7, 11) is 0. The number of nitrogens with one attached hydrogen (secondary N) is 1. The Kier molecular flexibility index (Phi) is 5.58. The molecule has 0 aliphatic rings. The van der Waals surface area contributed by atoms with Gasteiger partial charge in [-0.05, 0) is 55.0 Å². The number of anilines is 1. The summed E-state index contributed by atoms with van der Waals surface area (Å²) in [5.74, 6) is -0.492. The zero-order valence-electron chi connectivity index (χ0n) is 13.6. The van der Waals surface area contributed by atoms with Crippen molar-refractivity contribution in [3.8, 4) is 0 Å². The molecule has 25 heavy (non-hydrogen) atoms. The number of ketones is 1. The molecule has 0 bridgehead atoms. The fourth-order valence-corrected chi connectivity index (χ4v) is 1.93. The summed E-state index contributed by atoms with van der Waals surface area (Å²) in [6.45, 7) is 5.16. The highest BCUT2D eigenvalue weighted by molar-refractivity contribution is 6.07. The molecule has 6 heteroatoms. The van der Waals surface area contributed by atoms with Gasteiger partial charge in [-0.25, -0.2) is 0 Å². The van der Waals surface area contributed by atoms with Gasteiger partial charge in [-0.1, -0.05) is 12.7 Å². The van der Waals surface area contributed by atoms with Crippen LogP contribution in [0.1, 0.15) is 22.8 Å². The second kappa shape index (κ2) is 7.83. The van der Waals surface area contributed by atoms with Crippen molar-refractivity contribution >= 4 is 29.1 Å². The van der Waals surface area contributed by atoms with Crippen LogP contribution in [0.5, 0.6) is 0 Å². The van der Waals surface area contributed by atoms with Crippen molar-refractivity contribution in [3.05, 3.63) is 88.0 Å². The summed E-state index contributed by atoms with van der Waals surface area (Å²) < 4.78 is 0. The Bertz CT molecular complexity index is 850. The average molecular weight is 336 g/mol. The predicted molar refractivity (Wildman–Crippen MR) is 96.3 cm³/mol. The van der Waals surface area contributed by atoms with E-state index in [0.29, 0.717) is 22.4 Å². The van der Waals surface area contributed by atoms with Gasteiger partial charge in [0.1, 0.15) is 0 Å². The van der Waals surface area contributed by atoms with E-state index < -0.39 is 4.92 Å². The summed E-state index contributed by atoms with van der Waals surface area (Å²) in [6, 6.07) is 12.4. The van der Waals surface area contributed by atoms with Gasteiger partial charge in [0.15, 0.2) is 5.78 Å². The lowest BCUT2D eigenvalue weighted by atomic mass is 10.1. The van der Waals surface area contributed by atoms with Gasteiger partial charge in [-0.3, -0.25) is 19.7 Å². The topological polar surface area (TPSA) is 89.3 Å². The number of hydrogen-bond acceptors (Lipinski definition) is 4. The number of rotatable bonds is 6. The minimum Gasteiger partial charge on any atom is -0.322 e. The number of nitrogens with zero attached hydrogens (tertiary/aromatic N) is 1.